The molecule has 2 aromatic carbocycles. The zero-order valence-electron chi connectivity index (χ0n) is 15.0. The second-order valence-electron chi connectivity index (χ2n) is 6.41. The molecule has 1 N–H and O–H groups in total. The zero-order chi connectivity index (χ0) is 19.7. The highest BCUT2D eigenvalue weighted by molar-refractivity contribution is 8.16. The van der Waals surface area contributed by atoms with Crippen molar-refractivity contribution in [1.29, 1.82) is 0 Å². The predicted molar refractivity (Wildman–Crippen MR) is 110 cm³/mol. The van der Waals surface area contributed by atoms with Crippen LogP contribution < -0.4 is 10.9 Å². The fourth-order valence-corrected chi connectivity index (χ4v) is 4.00. The summed E-state index contributed by atoms with van der Waals surface area (Å²) in [4.78, 5) is 40.9. The van der Waals surface area contributed by atoms with E-state index < -0.39 is 16.8 Å². The van der Waals surface area contributed by atoms with Gasteiger partial charge in [-0.3, -0.25) is 9.59 Å². The number of carbonyl (C=O) groups is 2. The number of aliphatic imine (C=N–C) groups is 1. The minimum atomic E-state index is -0.662. The van der Waals surface area contributed by atoms with E-state index in [2.05, 4.69) is 10.3 Å². The molecule has 140 valence electrons. The van der Waals surface area contributed by atoms with Gasteiger partial charge < -0.3 is 9.73 Å². The van der Waals surface area contributed by atoms with Gasteiger partial charge >= 0.3 is 5.63 Å². The molecule has 3 aromatic rings. The molecule has 28 heavy (non-hydrogen) atoms. The molecule has 2 amide bonds. The van der Waals surface area contributed by atoms with Gasteiger partial charge in [-0.15, -0.1) is 0 Å². The molecule has 0 radical (unpaired) electrons. The highest BCUT2D eigenvalue weighted by Gasteiger charge is 2.32. The number of benzene rings is 2. The Hall–Kier alpha value is -3.19. The largest absolute Gasteiger partial charge is 0.422 e. The lowest BCUT2D eigenvalue weighted by Gasteiger charge is -2.10. The summed E-state index contributed by atoms with van der Waals surface area (Å²) in [5.74, 6) is -0.699. The van der Waals surface area contributed by atoms with Gasteiger partial charge in [0.25, 0.3) is 5.91 Å². The van der Waals surface area contributed by atoms with Gasteiger partial charge in [-0.1, -0.05) is 48.2 Å². The zero-order valence-corrected chi connectivity index (χ0v) is 15.8. The van der Waals surface area contributed by atoms with Crippen molar-refractivity contribution in [1.82, 2.24) is 0 Å². The summed E-state index contributed by atoms with van der Waals surface area (Å²) in [5.41, 5.74) is 1.80. The molecule has 0 saturated carbocycles. The van der Waals surface area contributed by atoms with Gasteiger partial charge in [-0.25, -0.2) is 9.79 Å². The summed E-state index contributed by atoms with van der Waals surface area (Å²) < 4.78 is 5.31. The molecule has 0 bridgehead atoms. The first-order valence-electron chi connectivity index (χ1n) is 8.69. The Kier molecular flexibility index (Phi) is 4.83. The maximum Gasteiger partial charge on any atom is 0.346 e. The lowest BCUT2D eigenvalue weighted by molar-refractivity contribution is -0.121. The molecule has 1 atom stereocenters. The van der Waals surface area contributed by atoms with Crippen molar-refractivity contribution in [2.24, 2.45) is 4.99 Å². The molecular formula is C21H16N2O4S. The van der Waals surface area contributed by atoms with Crippen LogP contribution in [0.25, 0.3) is 11.0 Å². The van der Waals surface area contributed by atoms with E-state index >= 15 is 0 Å². The summed E-state index contributed by atoms with van der Waals surface area (Å²) in [5, 5.41) is 3.18. The Balaban J connectivity index is 1.50. The Morgan fingerprint density at radius 2 is 1.89 bits per heavy atom. The standard InChI is InChI=1S/C21H16N2O4S/c1-12-6-2-4-8-15(12)22-18(24)11-17-19(25)23-20(28-17)14-10-13-7-3-5-9-16(13)27-21(14)26/h2-10,17H,11H2,1H3,(H,22,24)/t17-/m0/s1. The van der Waals surface area contributed by atoms with E-state index in [1.54, 1.807) is 24.3 Å². The van der Waals surface area contributed by atoms with Crippen molar-refractivity contribution in [3.8, 4) is 0 Å². The topological polar surface area (TPSA) is 88.7 Å². The number of para-hydroxylation sites is 2. The minimum Gasteiger partial charge on any atom is -0.422 e. The number of carbonyl (C=O) groups excluding carboxylic acids is 2. The van der Waals surface area contributed by atoms with Crippen molar-refractivity contribution in [2.45, 2.75) is 18.6 Å². The fourth-order valence-electron chi connectivity index (χ4n) is 2.93. The highest BCUT2D eigenvalue weighted by Crippen LogP contribution is 2.29. The van der Waals surface area contributed by atoms with Crippen LogP contribution in [-0.2, 0) is 9.59 Å². The summed E-state index contributed by atoms with van der Waals surface area (Å²) in [6, 6.07) is 16.2. The van der Waals surface area contributed by atoms with E-state index in [9.17, 15) is 14.4 Å². The summed E-state index contributed by atoms with van der Waals surface area (Å²) in [6.45, 7) is 1.89. The maximum absolute atomic E-state index is 12.3. The Labute approximate surface area is 164 Å². The molecule has 6 nitrogen and oxygen atoms in total. The van der Waals surface area contributed by atoms with Crippen LogP contribution >= 0.6 is 11.8 Å². The molecule has 0 spiro atoms. The van der Waals surface area contributed by atoms with Gasteiger partial charge in [-0.2, -0.15) is 0 Å². The average molecular weight is 392 g/mol. The molecule has 0 fully saturated rings. The Bertz CT molecular complexity index is 1180. The second kappa shape index (κ2) is 7.44. The highest BCUT2D eigenvalue weighted by atomic mass is 32.2. The molecule has 2 heterocycles. The number of rotatable bonds is 4. The fraction of sp³-hybridized carbons (Fsp3) is 0.143. The van der Waals surface area contributed by atoms with E-state index in [4.69, 9.17) is 4.42 Å². The van der Waals surface area contributed by atoms with Crippen molar-refractivity contribution in [3.05, 3.63) is 76.1 Å². The van der Waals surface area contributed by atoms with E-state index in [0.29, 0.717) is 11.3 Å². The van der Waals surface area contributed by atoms with Crippen LogP contribution in [0.5, 0.6) is 0 Å². The first-order valence-corrected chi connectivity index (χ1v) is 9.57. The van der Waals surface area contributed by atoms with Crippen LogP contribution in [0.2, 0.25) is 0 Å². The van der Waals surface area contributed by atoms with E-state index in [1.807, 2.05) is 37.3 Å². The number of thioether (sulfide) groups is 1. The number of aryl methyl sites for hydroxylation is 1. The van der Waals surface area contributed by atoms with Crippen molar-refractivity contribution >= 4 is 45.3 Å². The quantitative estimate of drug-likeness (QED) is 0.686. The molecular weight excluding hydrogens is 376 g/mol. The molecule has 7 heteroatoms. The number of hydrogen-bond donors (Lipinski definition) is 1. The lowest BCUT2D eigenvalue weighted by atomic mass is 10.2. The molecule has 1 aliphatic heterocycles. The molecule has 0 unspecified atom stereocenters. The second-order valence-corrected chi connectivity index (χ2v) is 7.61. The summed E-state index contributed by atoms with van der Waals surface area (Å²) in [6.07, 6.45) is -0.0241. The average Bonchev–Trinajstić information content (AvgIpc) is 3.03. The van der Waals surface area contributed by atoms with Crippen molar-refractivity contribution in [3.63, 3.8) is 0 Å². The van der Waals surface area contributed by atoms with Crippen molar-refractivity contribution in [2.75, 3.05) is 5.32 Å². The Morgan fingerprint density at radius 1 is 1.14 bits per heavy atom. The van der Waals surface area contributed by atoms with Crippen LogP contribution in [0.15, 0.2) is 68.8 Å². The van der Waals surface area contributed by atoms with Gasteiger partial charge in [0.15, 0.2) is 0 Å². The summed E-state index contributed by atoms with van der Waals surface area (Å²) in [7, 11) is 0. The lowest BCUT2D eigenvalue weighted by Crippen LogP contribution is -2.21. The third-order valence-corrected chi connectivity index (χ3v) is 5.59. The number of nitrogens with one attached hydrogen (secondary N) is 1. The van der Waals surface area contributed by atoms with Crippen LogP contribution in [0, 0.1) is 6.92 Å². The number of fused-ring (bicyclic) bond motifs is 1. The monoisotopic (exact) mass is 392 g/mol. The first-order chi connectivity index (χ1) is 13.5. The third-order valence-electron chi connectivity index (χ3n) is 4.40. The molecule has 1 aliphatic rings. The Morgan fingerprint density at radius 3 is 2.71 bits per heavy atom. The SMILES string of the molecule is Cc1ccccc1NC(=O)C[C@@H]1SC(c2cc3ccccc3oc2=O)=NC1=O. The van der Waals surface area contributed by atoms with Crippen LogP contribution in [0.3, 0.4) is 0 Å². The molecule has 0 saturated heterocycles. The number of anilines is 1. The van der Waals surface area contributed by atoms with E-state index in [0.717, 1.165) is 22.7 Å². The molecule has 0 aliphatic carbocycles. The normalized spacial score (nSPS) is 16.2. The van der Waals surface area contributed by atoms with Crippen LogP contribution in [0.4, 0.5) is 5.69 Å². The molecule has 4 rings (SSSR count). The van der Waals surface area contributed by atoms with Crippen molar-refractivity contribution < 1.29 is 14.0 Å². The van der Waals surface area contributed by atoms with E-state index in [1.165, 1.54) is 0 Å². The number of amides is 2. The molecule has 1 aromatic heterocycles. The first kappa shape index (κ1) is 18.2. The predicted octanol–water partition coefficient (Wildman–Crippen LogP) is 3.52. The van der Waals surface area contributed by atoms with E-state index in [-0.39, 0.29) is 22.9 Å². The number of nitrogens with zero attached hydrogens (tertiary/aromatic N) is 1. The third kappa shape index (κ3) is 3.61. The number of hydrogen-bond acceptors (Lipinski definition) is 5. The van der Waals surface area contributed by atoms with Gasteiger partial charge in [0.05, 0.1) is 5.56 Å². The van der Waals surface area contributed by atoms with Gasteiger partial charge in [0, 0.05) is 17.5 Å². The minimum absolute atomic E-state index is 0.0241. The maximum atomic E-state index is 12.3. The van der Waals surface area contributed by atoms with Crippen LogP contribution in [-0.4, -0.2) is 22.1 Å². The van der Waals surface area contributed by atoms with Gasteiger partial charge in [-0.05, 0) is 30.7 Å². The van der Waals surface area contributed by atoms with Gasteiger partial charge in [0.2, 0.25) is 5.91 Å². The smallest absolute Gasteiger partial charge is 0.346 e. The van der Waals surface area contributed by atoms with Gasteiger partial charge in [0.1, 0.15) is 15.9 Å². The summed E-state index contributed by atoms with van der Waals surface area (Å²) >= 11 is 1.12. The van der Waals surface area contributed by atoms with Crippen LogP contribution in [0.1, 0.15) is 17.5 Å².